The van der Waals surface area contributed by atoms with Crippen LogP contribution in [0.3, 0.4) is 0 Å². The van der Waals surface area contributed by atoms with Gasteiger partial charge >= 0.3 is 6.09 Å². The first-order chi connectivity index (χ1) is 15.3. The van der Waals surface area contributed by atoms with Gasteiger partial charge in [-0.1, -0.05) is 42.0 Å². The molecular formula is C24H23N3O5. The maximum atomic E-state index is 12.8. The van der Waals surface area contributed by atoms with Crippen LogP contribution in [0.15, 0.2) is 60.7 Å². The Bertz CT molecular complexity index is 1190. The highest BCUT2D eigenvalue weighted by atomic mass is 16.4. The SMILES string of the molecule is Cc1ccc(NC(=O)c2ccc3ccccc3c2)c(C(=O)C(=O)NCCCNC(=O)O)c1. The fourth-order valence-corrected chi connectivity index (χ4v) is 3.17. The summed E-state index contributed by atoms with van der Waals surface area (Å²) in [6.07, 6.45) is -0.816. The van der Waals surface area contributed by atoms with E-state index in [0.717, 1.165) is 16.3 Å². The Hall–Kier alpha value is -4.20. The Balaban J connectivity index is 1.72. The number of carbonyl (C=O) groups excluding carboxylic acids is 3. The molecule has 0 radical (unpaired) electrons. The van der Waals surface area contributed by atoms with Gasteiger partial charge in [0, 0.05) is 18.7 Å². The topological polar surface area (TPSA) is 125 Å². The standard InChI is InChI=1S/C24H23N3O5/c1-15-7-10-20(19(13-15)21(28)23(30)25-11-4-12-26-24(31)32)27-22(29)18-9-8-16-5-2-3-6-17(16)14-18/h2-3,5-10,13-14,26H,4,11-12H2,1H3,(H,25,30)(H,27,29)(H,31,32). The molecule has 0 bridgehead atoms. The molecule has 0 aliphatic heterocycles. The van der Waals surface area contributed by atoms with Crippen molar-refractivity contribution in [1.82, 2.24) is 10.6 Å². The molecule has 8 heteroatoms. The molecule has 0 aromatic heterocycles. The molecule has 0 fully saturated rings. The van der Waals surface area contributed by atoms with Crippen molar-refractivity contribution in [2.24, 2.45) is 0 Å². The summed E-state index contributed by atoms with van der Waals surface area (Å²) in [5, 5.41) is 17.8. The van der Waals surface area contributed by atoms with Crippen LogP contribution in [0.1, 0.15) is 32.7 Å². The average Bonchev–Trinajstić information content (AvgIpc) is 2.78. The smallest absolute Gasteiger partial charge is 0.404 e. The Morgan fingerprint density at radius 3 is 2.31 bits per heavy atom. The zero-order chi connectivity index (χ0) is 23.1. The van der Waals surface area contributed by atoms with E-state index in [4.69, 9.17) is 5.11 Å². The van der Waals surface area contributed by atoms with Crippen molar-refractivity contribution in [3.63, 3.8) is 0 Å². The van der Waals surface area contributed by atoms with Gasteiger partial charge in [-0.05, 0) is 48.4 Å². The summed E-state index contributed by atoms with van der Waals surface area (Å²) in [6, 6.07) is 17.8. The number of hydrogen-bond donors (Lipinski definition) is 4. The first-order valence-corrected chi connectivity index (χ1v) is 10.1. The Morgan fingerprint density at radius 2 is 1.56 bits per heavy atom. The molecule has 3 amide bonds. The molecule has 3 aromatic rings. The van der Waals surface area contributed by atoms with Crippen molar-refractivity contribution in [2.75, 3.05) is 18.4 Å². The quantitative estimate of drug-likeness (QED) is 0.246. The molecule has 0 heterocycles. The van der Waals surface area contributed by atoms with E-state index in [-0.39, 0.29) is 24.3 Å². The van der Waals surface area contributed by atoms with Crippen LogP contribution in [0, 0.1) is 6.92 Å². The normalized spacial score (nSPS) is 10.4. The number of aryl methyl sites for hydroxylation is 1. The van der Waals surface area contributed by atoms with Crippen molar-refractivity contribution >= 4 is 40.2 Å². The molecule has 164 valence electrons. The van der Waals surface area contributed by atoms with Gasteiger partial charge in [-0.15, -0.1) is 0 Å². The molecule has 0 aliphatic carbocycles. The van der Waals surface area contributed by atoms with Gasteiger partial charge in [0.2, 0.25) is 0 Å². The van der Waals surface area contributed by atoms with Gasteiger partial charge in [0.05, 0.1) is 11.3 Å². The summed E-state index contributed by atoms with van der Waals surface area (Å²) in [7, 11) is 0. The Morgan fingerprint density at radius 1 is 0.844 bits per heavy atom. The molecule has 0 aliphatic rings. The molecule has 0 atom stereocenters. The second kappa shape index (κ2) is 10.2. The van der Waals surface area contributed by atoms with Crippen molar-refractivity contribution in [3.8, 4) is 0 Å². The second-order valence-electron chi connectivity index (χ2n) is 7.24. The third-order valence-corrected chi connectivity index (χ3v) is 4.80. The zero-order valence-corrected chi connectivity index (χ0v) is 17.5. The number of amides is 3. The van der Waals surface area contributed by atoms with Crippen molar-refractivity contribution in [3.05, 3.63) is 77.4 Å². The van der Waals surface area contributed by atoms with Crippen LogP contribution in [0.5, 0.6) is 0 Å². The molecular weight excluding hydrogens is 410 g/mol. The third-order valence-electron chi connectivity index (χ3n) is 4.80. The highest BCUT2D eigenvalue weighted by molar-refractivity contribution is 6.44. The van der Waals surface area contributed by atoms with Crippen LogP contribution < -0.4 is 16.0 Å². The predicted molar refractivity (Wildman–Crippen MR) is 121 cm³/mol. The van der Waals surface area contributed by atoms with Gasteiger partial charge in [0.25, 0.3) is 17.6 Å². The number of nitrogens with one attached hydrogen (secondary N) is 3. The fraction of sp³-hybridized carbons (Fsp3) is 0.167. The number of carbonyl (C=O) groups is 4. The monoisotopic (exact) mass is 433 g/mol. The molecule has 3 rings (SSSR count). The van der Waals surface area contributed by atoms with E-state index < -0.39 is 23.7 Å². The number of carboxylic acid groups (broad SMARTS) is 1. The number of anilines is 1. The number of hydrogen-bond acceptors (Lipinski definition) is 4. The van der Waals surface area contributed by atoms with E-state index in [1.807, 2.05) is 30.3 Å². The first kappa shape index (κ1) is 22.5. The lowest BCUT2D eigenvalue weighted by molar-refractivity contribution is -0.117. The number of rotatable bonds is 8. The lowest BCUT2D eigenvalue weighted by atomic mass is 10.0. The highest BCUT2D eigenvalue weighted by Crippen LogP contribution is 2.21. The van der Waals surface area contributed by atoms with Crippen LogP contribution in [0.25, 0.3) is 10.8 Å². The average molecular weight is 433 g/mol. The first-order valence-electron chi connectivity index (χ1n) is 10.1. The zero-order valence-electron chi connectivity index (χ0n) is 17.5. The largest absolute Gasteiger partial charge is 0.465 e. The maximum absolute atomic E-state index is 12.8. The fourth-order valence-electron chi connectivity index (χ4n) is 3.17. The van der Waals surface area contributed by atoms with E-state index in [1.165, 1.54) is 0 Å². The number of fused-ring (bicyclic) bond motifs is 1. The number of ketones is 1. The van der Waals surface area contributed by atoms with Gasteiger partial charge in [0.1, 0.15) is 0 Å². The molecule has 3 aromatic carbocycles. The minimum Gasteiger partial charge on any atom is -0.465 e. The van der Waals surface area contributed by atoms with Gasteiger partial charge in [0.15, 0.2) is 0 Å². The minimum absolute atomic E-state index is 0.0836. The molecule has 32 heavy (non-hydrogen) atoms. The van der Waals surface area contributed by atoms with Crippen LogP contribution in [0.2, 0.25) is 0 Å². The Labute approximate surface area is 184 Å². The Kier molecular flexibility index (Phi) is 7.17. The van der Waals surface area contributed by atoms with Gasteiger partial charge in [-0.2, -0.15) is 0 Å². The van der Waals surface area contributed by atoms with Gasteiger partial charge in [-0.3, -0.25) is 14.4 Å². The molecule has 0 saturated heterocycles. The van der Waals surface area contributed by atoms with Crippen LogP contribution in [-0.2, 0) is 4.79 Å². The number of benzene rings is 3. The van der Waals surface area contributed by atoms with Crippen molar-refractivity contribution < 1.29 is 24.3 Å². The lowest BCUT2D eigenvalue weighted by Gasteiger charge is -2.12. The highest BCUT2D eigenvalue weighted by Gasteiger charge is 2.21. The second-order valence-corrected chi connectivity index (χ2v) is 7.24. The summed E-state index contributed by atoms with van der Waals surface area (Å²) in [5.74, 6) is -2.00. The summed E-state index contributed by atoms with van der Waals surface area (Å²) in [5.41, 5.74) is 1.51. The van der Waals surface area contributed by atoms with E-state index in [0.29, 0.717) is 12.0 Å². The van der Waals surface area contributed by atoms with E-state index in [9.17, 15) is 19.2 Å². The van der Waals surface area contributed by atoms with Crippen LogP contribution >= 0.6 is 0 Å². The third kappa shape index (κ3) is 5.69. The van der Waals surface area contributed by atoms with E-state index in [1.54, 1.807) is 37.3 Å². The molecule has 8 nitrogen and oxygen atoms in total. The minimum atomic E-state index is -1.15. The van der Waals surface area contributed by atoms with Gasteiger partial charge in [-0.25, -0.2) is 4.79 Å². The number of Topliss-reactive ketones (excluding diaryl/α,β-unsaturated/α-hetero) is 1. The van der Waals surface area contributed by atoms with Crippen molar-refractivity contribution in [1.29, 1.82) is 0 Å². The molecule has 0 unspecified atom stereocenters. The summed E-state index contributed by atoms with van der Waals surface area (Å²) in [6.45, 7) is 2.07. The maximum Gasteiger partial charge on any atom is 0.404 e. The lowest BCUT2D eigenvalue weighted by Crippen LogP contribution is -2.34. The van der Waals surface area contributed by atoms with Gasteiger partial charge < -0.3 is 21.1 Å². The summed E-state index contributed by atoms with van der Waals surface area (Å²) < 4.78 is 0. The summed E-state index contributed by atoms with van der Waals surface area (Å²) in [4.78, 5) is 48.2. The van der Waals surface area contributed by atoms with Crippen molar-refractivity contribution in [2.45, 2.75) is 13.3 Å². The van der Waals surface area contributed by atoms with Crippen LogP contribution in [0.4, 0.5) is 10.5 Å². The molecule has 0 spiro atoms. The molecule has 0 saturated carbocycles. The molecule has 4 N–H and O–H groups in total. The van der Waals surface area contributed by atoms with E-state index in [2.05, 4.69) is 16.0 Å². The van der Waals surface area contributed by atoms with E-state index >= 15 is 0 Å². The summed E-state index contributed by atoms with van der Waals surface area (Å²) >= 11 is 0. The van der Waals surface area contributed by atoms with Crippen LogP contribution in [-0.4, -0.2) is 41.9 Å². The predicted octanol–water partition coefficient (Wildman–Crippen LogP) is 3.36.